The summed E-state index contributed by atoms with van der Waals surface area (Å²) in [6.07, 6.45) is 0.433. The maximum Gasteiger partial charge on any atom is 0.161 e. The van der Waals surface area contributed by atoms with E-state index in [1.54, 1.807) is 25.3 Å². The van der Waals surface area contributed by atoms with E-state index in [-0.39, 0.29) is 16.5 Å². The van der Waals surface area contributed by atoms with Crippen molar-refractivity contribution in [3.05, 3.63) is 51.3 Å². The molecule has 0 saturated heterocycles. The Morgan fingerprint density at radius 2 is 2.04 bits per heavy atom. The molecule has 6 nitrogen and oxygen atoms in total. The van der Waals surface area contributed by atoms with E-state index in [1.807, 2.05) is 12.1 Å². The molecular weight excluding hydrogens is 349 g/mol. The highest BCUT2D eigenvalue weighted by Crippen LogP contribution is 2.29. The van der Waals surface area contributed by atoms with E-state index < -0.39 is 0 Å². The Bertz CT molecular complexity index is 984. The highest BCUT2D eigenvalue weighted by Gasteiger charge is 2.14. The number of nitriles is 1. The zero-order valence-corrected chi connectivity index (χ0v) is 14.1. The average molecular weight is 360 g/mol. The molecule has 0 aliphatic rings. The van der Waals surface area contributed by atoms with Crippen LogP contribution in [0.3, 0.4) is 0 Å². The van der Waals surface area contributed by atoms with Crippen LogP contribution in [0.2, 0.25) is 10.2 Å². The van der Waals surface area contributed by atoms with Gasteiger partial charge in [0.1, 0.15) is 17.6 Å². The molecule has 0 fully saturated rings. The Kier molecular flexibility index (Phi) is 4.38. The molecule has 2 aromatic heterocycles. The number of hydrogen-bond acceptors (Lipinski definition) is 6. The lowest BCUT2D eigenvalue weighted by atomic mass is 10.1. The van der Waals surface area contributed by atoms with E-state index in [0.717, 1.165) is 5.56 Å². The summed E-state index contributed by atoms with van der Waals surface area (Å²) < 4.78 is 5.14. The minimum atomic E-state index is 0.128. The standard InChI is InChI=1S/C16H11Cl2N5O/c1-24-13-3-2-8(4-11(13)17)5-12-14-10(15(18)23-22-12)6-9(7-19)16(20)21-14/h2-4,6H,5H2,1H3,(H2,20,21). The first-order valence-electron chi connectivity index (χ1n) is 6.87. The Morgan fingerprint density at radius 1 is 1.25 bits per heavy atom. The summed E-state index contributed by atoms with van der Waals surface area (Å²) >= 11 is 12.2. The summed E-state index contributed by atoms with van der Waals surface area (Å²) in [5, 5.41) is 18.3. The first-order valence-corrected chi connectivity index (χ1v) is 7.63. The number of pyridine rings is 1. The van der Waals surface area contributed by atoms with Crippen LogP contribution < -0.4 is 10.5 Å². The molecule has 0 bridgehead atoms. The Hall–Kier alpha value is -2.62. The number of hydrogen-bond donors (Lipinski definition) is 1. The number of fused-ring (bicyclic) bond motifs is 1. The van der Waals surface area contributed by atoms with Crippen molar-refractivity contribution in [2.45, 2.75) is 6.42 Å². The lowest BCUT2D eigenvalue weighted by molar-refractivity contribution is 0.415. The molecule has 3 rings (SSSR count). The van der Waals surface area contributed by atoms with Crippen molar-refractivity contribution < 1.29 is 4.74 Å². The van der Waals surface area contributed by atoms with Crippen molar-refractivity contribution in [3.8, 4) is 11.8 Å². The van der Waals surface area contributed by atoms with Gasteiger partial charge in [-0.15, -0.1) is 5.10 Å². The summed E-state index contributed by atoms with van der Waals surface area (Å²) in [6.45, 7) is 0. The van der Waals surface area contributed by atoms with Crippen LogP contribution >= 0.6 is 23.2 Å². The zero-order chi connectivity index (χ0) is 17.3. The van der Waals surface area contributed by atoms with Crippen molar-refractivity contribution in [1.82, 2.24) is 15.2 Å². The van der Waals surface area contributed by atoms with Gasteiger partial charge >= 0.3 is 0 Å². The van der Waals surface area contributed by atoms with Gasteiger partial charge in [-0.25, -0.2) is 4.98 Å². The smallest absolute Gasteiger partial charge is 0.161 e. The predicted molar refractivity (Wildman–Crippen MR) is 92.3 cm³/mol. The van der Waals surface area contributed by atoms with Gasteiger partial charge in [-0.05, 0) is 23.8 Å². The van der Waals surface area contributed by atoms with Crippen LogP contribution in [-0.4, -0.2) is 22.3 Å². The van der Waals surface area contributed by atoms with Gasteiger partial charge in [0.05, 0.1) is 28.9 Å². The van der Waals surface area contributed by atoms with Gasteiger partial charge in [0.2, 0.25) is 0 Å². The summed E-state index contributed by atoms with van der Waals surface area (Å²) in [4.78, 5) is 4.27. The van der Waals surface area contributed by atoms with Crippen LogP contribution in [0.15, 0.2) is 24.3 Å². The number of methoxy groups -OCH3 is 1. The number of aromatic nitrogens is 3. The predicted octanol–water partition coefficient (Wildman–Crippen LogP) is 3.38. The second kappa shape index (κ2) is 6.48. The highest BCUT2D eigenvalue weighted by atomic mass is 35.5. The lowest BCUT2D eigenvalue weighted by Gasteiger charge is -2.09. The molecule has 1 aromatic carbocycles. The first-order chi connectivity index (χ1) is 11.5. The number of ether oxygens (including phenoxy) is 1. The number of nitrogens with two attached hydrogens (primary N) is 1. The molecule has 24 heavy (non-hydrogen) atoms. The van der Waals surface area contributed by atoms with Crippen molar-refractivity contribution in [2.75, 3.05) is 12.8 Å². The van der Waals surface area contributed by atoms with Gasteiger partial charge in [-0.3, -0.25) is 0 Å². The van der Waals surface area contributed by atoms with E-state index >= 15 is 0 Å². The third-order valence-electron chi connectivity index (χ3n) is 3.51. The maximum absolute atomic E-state index is 9.08. The minimum absolute atomic E-state index is 0.128. The fourth-order valence-corrected chi connectivity index (χ4v) is 2.79. The van der Waals surface area contributed by atoms with Crippen LogP contribution in [0.25, 0.3) is 10.9 Å². The lowest BCUT2D eigenvalue weighted by Crippen LogP contribution is -2.03. The molecule has 120 valence electrons. The summed E-state index contributed by atoms with van der Waals surface area (Å²) in [5.74, 6) is 0.719. The molecule has 0 unspecified atom stereocenters. The fourth-order valence-electron chi connectivity index (χ4n) is 2.33. The number of nitrogen functional groups attached to an aromatic ring is 1. The molecule has 0 aliphatic heterocycles. The molecular formula is C16H11Cl2N5O. The summed E-state index contributed by atoms with van der Waals surface area (Å²) in [6, 6.07) is 8.99. The Morgan fingerprint density at radius 3 is 2.71 bits per heavy atom. The average Bonchev–Trinajstić information content (AvgIpc) is 2.57. The van der Waals surface area contributed by atoms with Crippen LogP contribution in [0.4, 0.5) is 5.82 Å². The fraction of sp³-hybridized carbons (Fsp3) is 0.125. The van der Waals surface area contributed by atoms with E-state index in [2.05, 4.69) is 15.2 Å². The minimum Gasteiger partial charge on any atom is -0.495 e. The largest absolute Gasteiger partial charge is 0.495 e. The van der Waals surface area contributed by atoms with Gasteiger partial charge < -0.3 is 10.5 Å². The van der Waals surface area contributed by atoms with Crippen LogP contribution in [0.5, 0.6) is 5.75 Å². The second-order valence-electron chi connectivity index (χ2n) is 5.01. The van der Waals surface area contributed by atoms with Gasteiger partial charge in [0, 0.05) is 11.8 Å². The van der Waals surface area contributed by atoms with Crippen molar-refractivity contribution >= 4 is 39.9 Å². The summed E-state index contributed by atoms with van der Waals surface area (Å²) in [7, 11) is 1.55. The van der Waals surface area contributed by atoms with Crippen LogP contribution in [0, 0.1) is 11.3 Å². The van der Waals surface area contributed by atoms with Gasteiger partial charge in [-0.2, -0.15) is 10.4 Å². The summed E-state index contributed by atoms with van der Waals surface area (Å²) in [5.41, 5.74) is 8.06. The van der Waals surface area contributed by atoms with Crippen molar-refractivity contribution in [1.29, 1.82) is 5.26 Å². The van der Waals surface area contributed by atoms with Gasteiger partial charge in [0.25, 0.3) is 0 Å². The normalized spacial score (nSPS) is 10.6. The zero-order valence-electron chi connectivity index (χ0n) is 12.5. The molecule has 0 aliphatic carbocycles. The number of rotatable bonds is 3. The number of anilines is 1. The molecule has 3 aromatic rings. The Labute approximate surface area is 147 Å². The number of benzene rings is 1. The molecule has 8 heteroatoms. The topological polar surface area (TPSA) is 97.7 Å². The second-order valence-corrected chi connectivity index (χ2v) is 5.78. The quantitative estimate of drug-likeness (QED) is 0.769. The van der Waals surface area contributed by atoms with Gasteiger partial charge in [0.15, 0.2) is 5.15 Å². The van der Waals surface area contributed by atoms with E-state index in [4.69, 9.17) is 38.9 Å². The van der Waals surface area contributed by atoms with Crippen molar-refractivity contribution in [3.63, 3.8) is 0 Å². The van der Waals surface area contributed by atoms with E-state index in [0.29, 0.717) is 33.8 Å². The third kappa shape index (κ3) is 2.92. The molecule has 2 N–H and O–H groups in total. The monoisotopic (exact) mass is 359 g/mol. The molecule has 2 heterocycles. The first kappa shape index (κ1) is 16.2. The van der Waals surface area contributed by atoms with E-state index in [9.17, 15) is 0 Å². The highest BCUT2D eigenvalue weighted by molar-refractivity contribution is 6.34. The molecule has 0 atom stereocenters. The molecule has 0 saturated carbocycles. The molecule has 0 amide bonds. The van der Waals surface area contributed by atoms with E-state index in [1.165, 1.54) is 0 Å². The van der Waals surface area contributed by atoms with Crippen LogP contribution in [-0.2, 0) is 6.42 Å². The molecule has 0 radical (unpaired) electrons. The Balaban J connectivity index is 2.10. The molecule has 0 spiro atoms. The maximum atomic E-state index is 9.08. The number of nitrogens with zero attached hydrogens (tertiary/aromatic N) is 4. The number of halogens is 2. The third-order valence-corrected chi connectivity index (χ3v) is 4.09. The van der Waals surface area contributed by atoms with Crippen molar-refractivity contribution in [2.24, 2.45) is 0 Å². The SMILES string of the molecule is COc1ccc(Cc2nnc(Cl)c3cc(C#N)c(N)nc23)cc1Cl. The van der Waals surface area contributed by atoms with Gasteiger partial charge in [-0.1, -0.05) is 29.3 Å². The van der Waals surface area contributed by atoms with Crippen LogP contribution in [0.1, 0.15) is 16.8 Å².